The van der Waals surface area contributed by atoms with Crippen molar-refractivity contribution in [2.24, 2.45) is 0 Å². The van der Waals surface area contributed by atoms with E-state index >= 15 is 0 Å². The van der Waals surface area contributed by atoms with Crippen LogP contribution in [0, 0.1) is 0 Å². The van der Waals surface area contributed by atoms with E-state index in [1.54, 1.807) is 6.07 Å². The van der Waals surface area contributed by atoms with Gasteiger partial charge in [0, 0.05) is 32.7 Å². The lowest BCUT2D eigenvalue weighted by atomic mass is 10.2. The molecule has 0 saturated carbocycles. The maximum Gasteiger partial charge on any atom is 0.138 e. The van der Waals surface area contributed by atoms with E-state index in [9.17, 15) is 5.11 Å². The summed E-state index contributed by atoms with van der Waals surface area (Å²) in [7, 11) is 0. The van der Waals surface area contributed by atoms with Crippen molar-refractivity contribution in [2.45, 2.75) is 0 Å². The molecule has 114 valence electrons. The van der Waals surface area contributed by atoms with E-state index in [0.29, 0.717) is 5.75 Å². The number of nitrogens with zero attached hydrogens (tertiary/aromatic N) is 2. The molecule has 0 aliphatic carbocycles. The van der Waals surface area contributed by atoms with Gasteiger partial charge in [0.1, 0.15) is 5.75 Å². The predicted octanol–water partition coefficient (Wildman–Crippen LogP) is 3.23. The van der Waals surface area contributed by atoms with E-state index in [2.05, 4.69) is 46.2 Å². The lowest BCUT2D eigenvalue weighted by molar-refractivity contribution is 0.283. The van der Waals surface area contributed by atoms with Crippen molar-refractivity contribution >= 4 is 11.8 Å². The van der Waals surface area contributed by atoms with Crippen molar-refractivity contribution in [1.82, 2.24) is 4.90 Å². The first-order valence-corrected chi connectivity index (χ1v) is 7.80. The van der Waals surface area contributed by atoms with Gasteiger partial charge in [0.05, 0.1) is 5.69 Å². The Bertz CT molecular complexity index is 616. The van der Waals surface area contributed by atoms with Gasteiger partial charge in [-0.1, -0.05) is 54.6 Å². The summed E-state index contributed by atoms with van der Waals surface area (Å²) in [6.07, 6.45) is 4.40. The molecular formula is C19H22N2O. The van der Waals surface area contributed by atoms with Gasteiger partial charge in [-0.3, -0.25) is 4.90 Å². The normalized spacial score (nSPS) is 16.3. The Balaban J connectivity index is 1.50. The van der Waals surface area contributed by atoms with Gasteiger partial charge in [-0.2, -0.15) is 0 Å². The second-order valence-corrected chi connectivity index (χ2v) is 5.59. The largest absolute Gasteiger partial charge is 0.506 e. The molecule has 0 bridgehead atoms. The van der Waals surface area contributed by atoms with Crippen molar-refractivity contribution in [2.75, 3.05) is 37.6 Å². The minimum absolute atomic E-state index is 0.375. The molecule has 0 spiro atoms. The number of anilines is 1. The van der Waals surface area contributed by atoms with E-state index in [0.717, 1.165) is 38.4 Å². The summed E-state index contributed by atoms with van der Waals surface area (Å²) in [4.78, 5) is 4.70. The molecule has 1 aliphatic rings. The van der Waals surface area contributed by atoms with Gasteiger partial charge in [0.15, 0.2) is 0 Å². The number of aromatic hydroxyl groups is 1. The summed E-state index contributed by atoms with van der Waals surface area (Å²) in [5.74, 6) is 0.375. The fourth-order valence-corrected chi connectivity index (χ4v) is 2.80. The third-order valence-electron chi connectivity index (χ3n) is 4.07. The van der Waals surface area contributed by atoms with E-state index in [4.69, 9.17) is 0 Å². The van der Waals surface area contributed by atoms with Crippen LogP contribution in [-0.4, -0.2) is 42.7 Å². The number of rotatable bonds is 4. The summed E-state index contributed by atoms with van der Waals surface area (Å²) in [5.41, 5.74) is 2.19. The number of phenolic OH excluding ortho intramolecular Hbond substituents is 1. The second kappa shape index (κ2) is 7.14. The number of hydrogen-bond acceptors (Lipinski definition) is 3. The molecule has 1 fully saturated rings. The fraction of sp³-hybridized carbons (Fsp3) is 0.263. The molecule has 22 heavy (non-hydrogen) atoms. The van der Waals surface area contributed by atoms with E-state index in [-0.39, 0.29) is 0 Å². The van der Waals surface area contributed by atoms with Crippen molar-refractivity contribution < 1.29 is 5.11 Å². The first-order valence-electron chi connectivity index (χ1n) is 7.80. The highest BCUT2D eigenvalue weighted by atomic mass is 16.3. The summed E-state index contributed by atoms with van der Waals surface area (Å²) in [6, 6.07) is 18.0. The van der Waals surface area contributed by atoms with Crippen LogP contribution in [0.1, 0.15) is 5.56 Å². The van der Waals surface area contributed by atoms with Crippen LogP contribution in [-0.2, 0) is 0 Å². The maximum atomic E-state index is 9.93. The minimum atomic E-state index is 0.375. The van der Waals surface area contributed by atoms with Crippen LogP contribution in [0.5, 0.6) is 5.75 Å². The zero-order chi connectivity index (χ0) is 15.2. The van der Waals surface area contributed by atoms with Crippen LogP contribution in [0.2, 0.25) is 0 Å². The average Bonchev–Trinajstić information content (AvgIpc) is 2.57. The molecule has 0 unspecified atom stereocenters. The molecule has 1 saturated heterocycles. The highest BCUT2D eigenvalue weighted by Gasteiger charge is 2.17. The summed E-state index contributed by atoms with van der Waals surface area (Å²) in [5, 5.41) is 9.93. The molecule has 2 aromatic rings. The summed E-state index contributed by atoms with van der Waals surface area (Å²) < 4.78 is 0. The molecule has 0 radical (unpaired) electrons. The molecule has 1 N–H and O–H groups in total. The van der Waals surface area contributed by atoms with Crippen LogP contribution in [0.15, 0.2) is 60.7 Å². The molecular weight excluding hydrogens is 272 g/mol. The molecule has 0 aromatic heterocycles. The van der Waals surface area contributed by atoms with Crippen LogP contribution in [0.25, 0.3) is 6.08 Å². The fourth-order valence-electron chi connectivity index (χ4n) is 2.80. The maximum absolute atomic E-state index is 9.93. The molecule has 3 heteroatoms. The second-order valence-electron chi connectivity index (χ2n) is 5.59. The lowest BCUT2D eigenvalue weighted by Crippen LogP contribution is -2.46. The number of hydrogen-bond donors (Lipinski definition) is 1. The minimum Gasteiger partial charge on any atom is -0.506 e. The van der Waals surface area contributed by atoms with E-state index < -0.39 is 0 Å². The third-order valence-corrected chi connectivity index (χ3v) is 4.07. The topological polar surface area (TPSA) is 26.7 Å². The molecule has 3 nitrogen and oxygen atoms in total. The summed E-state index contributed by atoms with van der Waals surface area (Å²) >= 11 is 0. The summed E-state index contributed by atoms with van der Waals surface area (Å²) in [6.45, 7) is 4.93. The number of para-hydroxylation sites is 2. The molecule has 0 atom stereocenters. The Hall–Kier alpha value is -2.26. The SMILES string of the molecule is Oc1ccccc1N1CCN(CC=Cc2ccccc2)CC1. The van der Waals surface area contributed by atoms with E-state index in [1.807, 2.05) is 24.3 Å². The standard InChI is InChI=1S/C19H22N2O/c22-19-11-5-4-10-18(19)21-15-13-20(14-16-21)12-6-9-17-7-2-1-3-8-17/h1-11,22H,12-16H2. The molecule has 1 heterocycles. The van der Waals surface area contributed by atoms with Gasteiger partial charge >= 0.3 is 0 Å². The van der Waals surface area contributed by atoms with Crippen molar-refractivity contribution in [3.8, 4) is 5.75 Å². The zero-order valence-corrected chi connectivity index (χ0v) is 12.7. The van der Waals surface area contributed by atoms with Crippen molar-refractivity contribution in [3.63, 3.8) is 0 Å². The number of phenols is 1. The third kappa shape index (κ3) is 3.68. The van der Waals surface area contributed by atoms with Gasteiger partial charge < -0.3 is 10.0 Å². The van der Waals surface area contributed by atoms with E-state index in [1.165, 1.54) is 5.56 Å². The monoisotopic (exact) mass is 294 g/mol. The Morgan fingerprint density at radius 1 is 0.864 bits per heavy atom. The van der Waals surface area contributed by atoms with Crippen LogP contribution < -0.4 is 4.90 Å². The number of piperazine rings is 1. The first-order chi connectivity index (χ1) is 10.8. The van der Waals surface area contributed by atoms with Gasteiger partial charge in [-0.15, -0.1) is 0 Å². The van der Waals surface area contributed by atoms with Crippen molar-refractivity contribution in [3.05, 3.63) is 66.2 Å². The number of benzene rings is 2. The van der Waals surface area contributed by atoms with Gasteiger partial charge in [-0.25, -0.2) is 0 Å². The first kappa shape index (κ1) is 14.7. The van der Waals surface area contributed by atoms with Crippen LogP contribution >= 0.6 is 0 Å². The Kier molecular flexibility index (Phi) is 4.76. The Labute approximate surface area is 132 Å². The highest BCUT2D eigenvalue weighted by molar-refractivity contribution is 5.57. The van der Waals surface area contributed by atoms with Crippen LogP contribution in [0.4, 0.5) is 5.69 Å². The molecule has 0 amide bonds. The van der Waals surface area contributed by atoms with Gasteiger partial charge in [0.2, 0.25) is 0 Å². The van der Waals surface area contributed by atoms with Gasteiger partial charge in [-0.05, 0) is 17.7 Å². The average molecular weight is 294 g/mol. The van der Waals surface area contributed by atoms with Crippen molar-refractivity contribution in [1.29, 1.82) is 0 Å². The zero-order valence-electron chi connectivity index (χ0n) is 12.7. The smallest absolute Gasteiger partial charge is 0.138 e. The molecule has 2 aromatic carbocycles. The predicted molar refractivity (Wildman–Crippen MR) is 92.2 cm³/mol. The Morgan fingerprint density at radius 2 is 1.55 bits per heavy atom. The van der Waals surface area contributed by atoms with Crippen LogP contribution in [0.3, 0.4) is 0 Å². The quantitative estimate of drug-likeness (QED) is 0.938. The highest BCUT2D eigenvalue weighted by Crippen LogP contribution is 2.27. The molecule has 3 rings (SSSR count). The van der Waals surface area contributed by atoms with Gasteiger partial charge in [0.25, 0.3) is 0 Å². The Morgan fingerprint density at radius 3 is 2.27 bits per heavy atom. The molecule has 1 aliphatic heterocycles. The lowest BCUT2D eigenvalue weighted by Gasteiger charge is -2.35.